The van der Waals surface area contributed by atoms with Gasteiger partial charge in [-0.15, -0.1) is 0 Å². The van der Waals surface area contributed by atoms with Gasteiger partial charge in [0.1, 0.15) is 6.33 Å². The van der Waals surface area contributed by atoms with Crippen LogP contribution >= 0.6 is 0 Å². The number of fused-ring (bicyclic) bond motifs is 1. The lowest BCUT2D eigenvalue weighted by atomic mass is 9.88. The van der Waals surface area contributed by atoms with Gasteiger partial charge < -0.3 is 14.4 Å². The van der Waals surface area contributed by atoms with Gasteiger partial charge in [-0.3, -0.25) is 0 Å². The maximum absolute atomic E-state index is 10.6. The first-order valence-corrected chi connectivity index (χ1v) is 9.32. The number of aliphatic hydroxyl groups excluding tert-OH is 1. The molecule has 0 amide bonds. The molecule has 1 aliphatic heterocycles. The van der Waals surface area contributed by atoms with Gasteiger partial charge in [0, 0.05) is 19.5 Å². The van der Waals surface area contributed by atoms with Crippen LogP contribution in [0.3, 0.4) is 0 Å². The molecule has 6 heteroatoms. The van der Waals surface area contributed by atoms with Crippen LogP contribution < -0.4 is 4.90 Å². The van der Waals surface area contributed by atoms with Crippen LogP contribution in [0.5, 0.6) is 0 Å². The van der Waals surface area contributed by atoms with Crippen LogP contribution in [-0.2, 0) is 12.8 Å². The Morgan fingerprint density at radius 3 is 2.69 bits per heavy atom. The summed E-state index contributed by atoms with van der Waals surface area (Å²) in [7, 11) is 0. The number of aryl methyl sites for hydroxylation is 1. The topological polar surface area (TPSA) is 75.3 Å². The molecule has 0 spiro atoms. The quantitative estimate of drug-likeness (QED) is 0.761. The van der Waals surface area contributed by atoms with Crippen molar-refractivity contribution < 1.29 is 9.52 Å². The van der Waals surface area contributed by atoms with Crippen molar-refractivity contribution in [2.24, 2.45) is 5.92 Å². The van der Waals surface area contributed by atoms with Crippen molar-refractivity contribution in [1.82, 2.24) is 15.0 Å². The molecule has 3 heterocycles. The summed E-state index contributed by atoms with van der Waals surface area (Å²) < 4.78 is 5.65. The molecule has 0 saturated carbocycles. The van der Waals surface area contributed by atoms with E-state index in [2.05, 4.69) is 32.0 Å². The fraction of sp³-hybridized carbons (Fsp3) is 0.450. The van der Waals surface area contributed by atoms with Crippen LogP contribution in [0.15, 0.2) is 41.1 Å². The maximum atomic E-state index is 10.6. The predicted molar refractivity (Wildman–Crippen MR) is 100 cm³/mol. The number of anilines is 1. The van der Waals surface area contributed by atoms with E-state index in [9.17, 15) is 5.11 Å². The van der Waals surface area contributed by atoms with Gasteiger partial charge in [-0.05, 0) is 30.7 Å². The molecule has 3 aromatic rings. The van der Waals surface area contributed by atoms with Gasteiger partial charge in [0.15, 0.2) is 17.2 Å². The van der Waals surface area contributed by atoms with Gasteiger partial charge in [0.2, 0.25) is 0 Å². The average molecular weight is 352 g/mol. The summed E-state index contributed by atoms with van der Waals surface area (Å²) in [6.45, 7) is 3.73. The highest BCUT2D eigenvalue weighted by Crippen LogP contribution is 2.29. The molecule has 1 aliphatic rings. The highest BCUT2D eigenvalue weighted by atomic mass is 16.4. The lowest BCUT2D eigenvalue weighted by molar-refractivity contribution is 0.0929. The minimum atomic E-state index is -0.302. The molecular weight excluding hydrogens is 328 g/mol. The van der Waals surface area contributed by atoms with E-state index in [1.165, 1.54) is 5.56 Å². The second kappa shape index (κ2) is 7.41. The second-order valence-electron chi connectivity index (χ2n) is 6.89. The Hall–Kier alpha value is -2.47. The highest BCUT2D eigenvalue weighted by Gasteiger charge is 2.27. The molecule has 2 aromatic heterocycles. The maximum Gasteiger partial charge on any atom is 0.252 e. The van der Waals surface area contributed by atoms with Gasteiger partial charge in [0.25, 0.3) is 5.71 Å². The summed E-state index contributed by atoms with van der Waals surface area (Å²) in [6, 6.07) is 10.2. The van der Waals surface area contributed by atoms with Crippen molar-refractivity contribution in [2.45, 2.75) is 38.7 Å². The lowest BCUT2D eigenvalue weighted by Gasteiger charge is -2.34. The van der Waals surface area contributed by atoms with Crippen molar-refractivity contribution in [2.75, 3.05) is 18.0 Å². The first-order chi connectivity index (χ1) is 12.7. The minimum absolute atomic E-state index is 0.302. The van der Waals surface area contributed by atoms with Crippen LogP contribution in [0, 0.1) is 5.92 Å². The predicted octanol–water partition coefficient (Wildman–Crippen LogP) is 3.00. The van der Waals surface area contributed by atoms with Crippen LogP contribution in [0.25, 0.3) is 11.2 Å². The molecule has 0 bridgehead atoms. The van der Waals surface area contributed by atoms with Crippen molar-refractivity contribution in [3.05, 3.63) is 48.1 Å². The molecule has 136 valence electrons. The van der Waals surface area contributed by atoms with Gasteiger partial charge in [-0.1, -0.05) is 37.3 Å². The van der Waals surface area contributed by atoms with E-state index in [0.717, 1.165) is 43.7 Å². The second-order valence-corrected chi connectivity index (χ2v) is 6.89. The summed E-state index contributed by atoms with van der Waals surface area (Å²) in [5.74, 6) is 1.84. The van der Waals surface area contributed by atoms with Crippen molar-refractivity contribution in [1.29, 1.82) is 0 Å². The van der Waals surface area contributed by atoms with E-state index >= 15 is 0 Å². The molecule has 4 rings (SSSR count). The van der Waals surface area contributed by atoms with E-state index in [-0.39, 0.29) is 6.10 Å². The molecule has 1 saturated heterocycles. The Kier molecular flexibility index (Phi) is 4.84. The molecule has 0 radical (unpaired) electrons. The van der Waals surface area contributed by atoms with Crippen LogP contribution in [0.2, 0.25) is 0 Å². The van der Waals surface area contributed by atoms with E-state index in [4.69, 9.17) is 4.42 Å². The molecule has 1 atom stereocenters. The molecule has 0 aliphatic carbocycles. The van der Waals surface area contributed by atoms with E-state index in [1.807, 2.05) is 25.1 Å². The van der Waals surface area contributed by atoms with Gasteiger partial charge in [-0.2, -0.15) is 4.98 Å². The number of piperidine rings is 1. The molecule has 6 nitrogen and oxygen atoms in total. The van der Waals surface area contributed by atoms with E-state index in [0.29, 0.717) is 23.9 Å². The Morgan fingerprint density at radius 2 is 1.96 bits per heavy atom. The van der Waals surface area contributed by atoms with Crippen molar-refractivity contribution in [3.63, 3.8) is 0 Å². The van der Waals surface area contributed by atoms with Gasteiger partial charge in [-0.25, -0.2) is 9.97 Å². The van der Waals surface area contributed by atoms with Gasteiger partial charge >= 0.3 is 0 Å². The van der Waals surface area contributed by atoms with E-state index < -0.39 is 0 Å². The van der Waals surface area contributed by atoms with Crippen LogP contribution in [0.4, 0.5) is 5.82 Å². The number of oxazole rings is 1. The van der Waals surface area contributed by atoms with E-state index in [1.54, 1.807) is 6.33 Å². The Morgan fingerprint density at radius 1 is 1.19 bits per heavy atom. The molecule has 1 aromatic carbocycles. The normalized spacial score (nSPS) is 16.9. The summed E-state index contributed by atoms with van der Waals surface area (Å²) >= 11 is 0. The van der Waals surface area contributed by atoms with Crippen LogP contribution in [0.1, 0.15) is 31.2 Å². The number of hydrogen-bond donors (Lipinski definition) is 1. The third-order valence-corrected chi connectivity index (χ3v) is 5.19. The summed E-state index contributed by atoms with van der Waals surface area (Å²) in [4.78, 5) is 15.4. The zero-order valence-electron chi connectivity index (χ0n) is 15.0. The standard InChI is InChI=1S/C20H24N4O2/c1-2-17-23-18-19(21-13-22-20(18)26-17)24-10-8-15(9-11-24)16(25)12-14-6-4-3-5-7-14/h3-7,13,15-16,25H,2,8-12H2,1H3/t16-/m0/s1. The highest BCUT2D eigenvalue weighted by molar-refractivity contribution is 5.81. The Balaban J connectivity index is 1.43. The van der Waals surface area contributed by atoms with Crippen molar-refractivity contribution in [3.8, 4) is 0 Å². The first-order valence-electron chi connectivity index (χ1n) is 9.32. The number of aliphatic hydroxyl groups is 1. The number of rotatable bonds is 5. The monoisotopic (exact) mass is 352 g/mol. The zero-order valence-corrected chi connectivity index (χ0v) is 15.0. The summed E-state index contributed by atoms with van der Waals surface area (Å²) in [5.41, 5.74) is 2.49. The molecule has 1 N–H and O–H groups in total. The number of nitrogens with zero attached hydrogens (tertiary/aromatic N) is 4. The minimum Gasteiger partial charge on any atom is -0.422 e. The molecule has 26 heavy (non-hydrogen) atoms. The fourth-order valence-electron chi connectivity index (χ4n) is 3.69. The third-order valence-electron chi connectivity index (χ3n) is 5.19. The van der Waals surface area contributed by atoms with Crippen molar-refractivity contribution >= 4 is 17.0 Å². The number of benzene rings is 1. The molecule has 1 fully saturated rings. The Bertz CT molecular complexity index is 857. The molecule has 0 unspecified atom stereocenters. The van der Waals surface area contributed by atoms with Gasteiger partial charge in [0.05, 0.1) is 6.10 Å². The lowest BCUT2D eigenvalue weighted by Crippen LogP contribution is -2.39. The zero-order chi connectivity index (χ0) is 17.9. The number of hydrogen-bond acceptors (Lipinski definition) is 6. The first kappa shape index (κ1) is 17.0. The average Bonchev–Trinajstić information content (AvgIpc) is 3.12. The smallest absolute Gasteiger partial charge is 0.252 e. The van der Waals surface area contributed by atoms with Crippen LogP contribution in [-0.4, -0.2) is 39.3 Å². The number of aromatic nitrogens is 3. The summed E-state index contributed by atoms with van der Waals surface area (Å²) in [5, 5.41) is 10.6. The molecular formula is C20H24N4O2. The fourth-order valence-corrected chi connectivity index (χ4v) is 3.69. The largest absolute Gasteiger partial charge is 0.422 e. The SMILES string of the molecule is CCc1nc2c(N3CCC([C@@H](O)Cc4ccccc4)CC3)ncnc2o1. The summed E-state index contributed by atoms with van der Waals surface area (Å²) in [6.07, 6.45) is 4.58. The Labute approximate surface area is 152 Å². The third kappa shape index (κ3) is 3.42.